The fraction of sp³-hybridized carbons (Fsp3) is 0.190. The number of nitrogens with zero attached hydrogens (tertiary/aromatic N) is 4. The van der Waals surface area contributed by atoms with E-state index in [1.807, 2.05) is 53.7 Å². The van der Waals surface area contributed by atoms with Crippen LogP contribution >= 0.6 is 0 Å². The van der Waals surface area contributed by atoms with E-state index in [9.17, 15) is 15.0 Å². The van der Waals surface area contributed by atoms with Crippen molar-refractivity contribution in [2.75, 3.05) is 0 Å². The number of phenolic OH excluding ortho intramolecular Hbond substituents is 1. The summed E-state index contributed by atoms with van der Waals surface area (Å²) in [5.74, 6) is -0.898. The Morgan fingerprint density at radius 2 is 1.75 bits per heavy atom. The van der Waals surface area contributed by atoms with Gasteiger partial charge in [-0.25, -0.2) is 14.5 Å². The Morgan fingerprint density at radius 1 is 1.11 bits per heavy atom. The van der Waals surface area contributed by atoms with Crippen LogP contribution in [0, 0.1) is 6.92 Å². The minimum atomic E-state index is -1.02. The molecule has 0 aliphatic heterocycles. The Hall–Kier alpha value is -3.61. The first-order valence-electron chi connectivity index (χ1n) is 8.83. The normalized spacial score (nSPS) is 13.2. The lowest BCUT2D eigenvalue weighted by atomic mass is 10.2. The summed E-state index contributed by atoms with van der Waals surface area (Å²) < 4.78 is 3.70. The summed E-state index contributed by atoms with van der Waals surface area (Å²) in [6, 6.07) is 15.5. The molecule has 0 saturated carbocycles. The van der Waals surface area contributed by atoms with Crippen molar-refractivity contribution in [1.82, 2.24) is 9.36 Å². The van der Waals surface area contributed by atoms with Gasteiger partial charge in [-0.3, -0.25) is 9.67 Å². The number of carboxylic acid groups (broad SMARTS) is 1. The first-order chi connectivity index (χ1) is 13.4. The van der Waals surface area contributed by atoms with Crippen LogP contribution in [0.1, 0.15) is 18.2 Å². The van der Waals surface area contributed by atoms with Gasteiger partial charge >= 0.3 is 5.97 Å². The molecule has 0 aliphatic carbocycles. The molecular formula is C21H22N4O3. The van der Waals surface area contributed by atoms with Gasteiger partial charge in [0.25, 0.3) is 0 Å². The number of aromatic nitrogens is 2. The van der Waals surface area contributed by atoms with E-state index in [2.05, 4.69) is 9.98 Å². The number of aliphatic carboxylic acids is 1. The van der Waals surface area contributed by atoms with Gasteiger partial charge in [-0.1, -0.05) is 30.3 Å². The molecule has 0 saturated heterocycles. The van der Waals surface area contributed by atoms with Gasteiger partial charge in [0.2, 0.25) is 0 Å². The highest BCUT2D eigenvalue weighted by Crippen LogP contribution is 2.19. The van der Waals surface area contributed by atoms with Gasteiger partial charge in [-0.2, -0.15) is 0 Å². The monoisotopic (exact) mass is 378 g/mol. The highest BCUT2D eigenvalue weighted by Gasteiger charge is 2.17. The Bertz CT molecular complexity index is 1090. The third kappa shape index (κ3) is 3.73. The van der Waals surface area contributed by atoms with Crippen molar-refractivity contribution < 1.29 is 15.0 Å². The Morgan fingerprint density at radius 3 is 2.39 bits per heavy atom. The molecule has 7 heteroatoms. The minimum absolute atomic E-state index is 0.119. The number of para-hydroxylation sites is 2. The van der Waals surface area contributed by atoms with Crippen LogP contribution in [-0.2, 0) is 11.8 Å². The van der Waals surface area contributed by atoms with Gasteiger partial charge in [0.1, 0.15) is 17.5 Å². The number of rotatable bonds is 5. The summed E-state index contributed by atoms with van der Waals surface area (Å²) >= 11 is 0. The number of carboxylic acids is 1. The maximum atomic E-state index is 11.4. The molecule has 28 heavy (non-hydrogen) atoms. The molecular weight excluding hydrogens is 356 g/mol. The SMILES string of the molecule is Cc1c(N=Cc2ccccc2O)c(=NC(C)C(=O)O)n(-c2ccccc2)n1C. The second kappa shape index (κ2) is 7.96. The van der Waals surface area contributed by atoms with Crippen molar-refractivity contribution in [2.24, 2.45) is 17.0 Å². The van der Waals surface area contributed by atoms with Crippen molar-refractivity contribution in [3.63, 3.8) is 0 Å². The molecule has 144 valence electrons. The smallest absolute Gasteiger partial charge is 0.328 e. The molecule has 0 aliphatic rings. The van der Waals surface area contributed by atoms with Gasteiger partial charge in [0.05, 0.1) is 11.4 Å². The zero-order valence-corrected chi connectivity index (χ0v) is 15.9. The third-order valence-electron chi connectivity index (χ3n) is 4.48. The van der Waals surface area contributed by atoms with Gasteiger partial charge in [0, 0.05) is 18.8 Å². The van der Waals surface area contributed by atoms with Crippen LogP contribution in [0.3, 0.4) is 0 Å². The quantitative estimate of drug-likeness (QED) is 0.669. The number of benzene rings is 2. The van der Waals surface area contributed by atoms with Crippen molar-refractivity contribution in [2.45, 2.75) is 19.9 Å². The first kappa shape index (κ1) is 19.2. The van der Waals surface area contributed by atoms with E-state index in [1.54, 1.807) is 30.5 Å². The van der Waals surface area contributed by atoms with Gasteiger partial charge < -0.3 is 10.2 Å². The Kier molecular flexibility index (Phi) is 5.44. The number of carbonyl (C=O) groups is 1. The Labute approximate surface area is 162 Å². The largest absolute Gasteiger partial charge is 0.507 e. The first-order valence-corrected chi connectivity index (χ1v) is 8.83. The van der Waals surface area contributed by atoms with Crippen LogP contribution in [0.15, 0.2) is 64.6 Å². The average Bonchev–Trinajstić information content (AvgIpc) is 2.92. The topological polar surface area (TPSA) is 92.1 Å². The summed E-state index contributed by atoms with van der Waals surface area (Å²) in [6.45, 7) is 3.41. The lowest BCUT2D eigenvalue weighted by molar-refractivity contribution is -0.138. The predicted octanol–water partition coefficient (Wildman–Crippen LogP) is 2.95. The molecule has 0 spiro atoms. The van der Waals surface area contributed by atoms with Crippen molar-refractivity contribution in [3.05, 3.63) is 71.3 Å². The van der Waals surface area contributed by atoms with Gasteiger partial charge in [-0.15, -0.1) is 0 Å². The molecule has 3 rings (SSSR count). The molecule has 0 amide bonds. The lowest BCUT2D eigenvalue weighted by Crippen LogP contribution is -2.25. The zero-order chi connectivity index (χ0) is 20.3. The molecule has 0 radical (unpaired) electrons. The maximum Gasteiger partial charge on any atom is 0.328 e. The van der Waals surface area contributed by atoms with Crippen molar-refractivity contribution in [3.8, 4) is 11.4 Å². The van der Waals surface area contributed by atoms with Crippen LogP contribution in [0.25, 0.3) is 5.69 Å². The Balaban J connectivity index is 2.25. The molecule has 1 heterocycles. The molecule has 1 unspecified atom stereocenters. The summed E-state index contributed by atoms with van der Waals surface area (Å²) in [5, 5.41) is 19.3. The molecule has 2 N–H and O–H groups in total. The minimum Gasteiger partial charge on any atom is -0.507 e. The van der Waals surface area contributed by atoms with E-state index in [0.29, 0.717) is 16.7 Å². The van der Waals surface area contributed by atoms with Crippen molar-refractivity contribution in [1.29, 1.82) is 0 Å². The predicted molar refractivity (Wildman–Crippen MR) is 107 cm³/mol. The number of hydrogen-bond donors (Lipinski definition) is 2. The molecule has 1 atom stereocenters. The highest BCUT2D eigenvalue weighted by molar-refractivity contribution is 5.85. The van der Waals surface area contributed by atoms with E-state index in [1.165, 1.54) is 6.92 Å². The maximum absolute atomic E-state index is 11.4. The van der Waals surface area contributed by atoms with Crippen LogP contribution in [-0.4, -0.2) is 37.8 Å². The van der Waals surface area contributed by atoms with Crippen LogP contribution < -0.4 is 5.49 Å². The van der Waals surface area contributed by atoms with Crippen molar-refractivity contribution >= 4 is 17.9 Å². The summed E-state index contributed by atoms with van der Waals surface area (Å²) in [4.78, 5) is 20.4. The fourth-order valence-corrected chi connectivity index (χ4v) is 2.81. The molecule has 0 bridgehead atoms. The standard InChI is InChI=1S/C21H22N4O3/c1-14(21(27)28)23-20-19(22-13-16-9-7-8-12-18(16)26)15(2)24(3)25(20)17-10-5-4-6-11-17/h4-14,26H,1-3H3,(H,27,28). The fourth-order valence-electron chi connectivity index (χ4n) is 2.81. The second-order valence-corrected chi connectivity index (χ2v) is 6.39. The summed E-state index contributed by atoms with van der Waals surface area (Å²) in [6.07, 6.45) is 1.55. The van der Waals surface area contributed by atoms with E-state index >= 15 is 0 Å². The molecule has 2 aromatic carbocycles. The summed E-state index contributed by atoms with van der Waals surface area (Å²) in [7, 11) is 1.87. The number of aromatic hydroxyl groups is 1. The molecule has 0 fully saturated rings. The highest BCUT2D eigenvalue weighted by atomic mass is 16.4. The van der Waals surface area contributed by atoms with Crippen LogP contribution in [0.4, 0.5) is 5.69 Å². The second-order valence-electron chi connectivity index (χ2n) is 6.39. The number of aliphatic imine (C=N–C) groups is 1. The van der Waals surface area contributed by atoms with Crippen LogP contribution in [0.2, 0.25) is 0 Å². The van der Waals surface area contributed by atoms with E-state index in [0.717, 1.165) is 11.4 Å². The molecule has 3 aromatic rings. The third-order valence-corrected chi connectivity index (χ3v) is 4.48. The molecule has 1 aromatic heterocycles. The number of phenols is 1. The van der Waals surface area contributed by atoms with Gasteiger partial charge in [-0.05, 0) is 38.1 Å². The van der Waals surface area contributed by atoms with Gasteiger partial charge in [0.15, 0.2) is 5.49 Å². The van der Waals surface area contributed by atoms with Crippen LogP contribution in [0.5, 0.6) is 5.75 Å². The van der Waals surface area contributed by atoms with E-state index < -0.39 is 12.0 Å². The average molecular weight is 378 g/mol. The van der Waals surface area contributed by atoms with E-state index in [-0.39, 0.29) is 5.75 Å². The number of hydrogen-bond acceptors (Lipinski definition) is 4. The molecule has 7 nitrogen and oxygen atoms in total. The lowest BCUT2D eigenvalue weighted by Gasteiger charge is -2.09. The zero-order valence-electron chi connectivity index (χ0n) is 15.9. The van der Waals surface area contributed by atoms with E-state index in [4.69, 9.17) is 0 Å². The summed E-state index contributed by atoms with van der Waals surface area (Å²) in [5.41, 5.74) is 3.20.